The second kappa shape index (κ2) is 8.11. The van der Waals surface area contributed by atoms with Crippen molar-refractivity contribution in [3.05, 3.63) is 54.1 Å². The van der Waals surface area contributed by atoms with Crippen molar-refractivity contribution in [1.29, 1.82) is 0 Å². The van der Waals surface area contributed by atoms with Crippen molar-refractivity contribution in [2.24, 2.45) is 0 Å². The van der Waals surface area contributed by atoms with Crippen molar-refractivity contribution in [1.82, 2.24) is 5.32 Å². The van der Waals surface area contributed by atoms with E-state index < -0.39 is 0 Å². The SMILES string of the molecule is CCCNC(C)c1ccc(Sc2cccc(OC)c2)cc1. The van der Waals surface area contributed by atoms with Crippen LogP contribution in [0, 0.1) is 0 Å². The highest BCUT2D eigenvalue weighted by molar-refractivity contribution is 7.99. The van der Waals surface area contributed by atoms with Gasteiger partial charge in [-0.3, -0.25) is 0 Å². The van der Waals surface area contributed by atoms with Crippen LogP contribution in [0.4, 0.5) is 0 Å². The average molecular weight is 301 g/mol. The number of hydrogen-bond donors (Lipinski definition) is 1. The Kier molecular flexibility index (Phi) is 6.15. The lowest BCUT2D eigenvalue weighted by Gasteiger charge is -2.14. The molecule has 3 heteroatoms. The molecule has 1 N–H and O–H groups in total. The number of nitrogens with one attached hydrogen (secondary N) is 1. The lowest BCUT2D eigenvalue weighted by atomic mass is 10.1. The molecule has 0 spiro atoms. The molecule has 112 valence electrons. The minimum atomic E-state index is 0.404. The van der Waals surface area contributed by atoms with Crippen LogP contribution in [0.15, 0.2) is 58.3 Å². The third-order valence-electron chi connectivity index (χ3n) is 3.36. The summed E-state index contributed by atoms with van der Waals surface area (Å²) in [5.74, 6) is 0.897. The number of hydrogen-bond acceptors (Lipinski definition) is 3. The van der Waals surface area contributed by atoms with Crippen LogP contribution < -0.4 is 10.1 Å². The molecule has 0 aliphatic heterocycles. The van der Waals surface area contributed by atoms with E-state index >= 15 is 0 Å². The van der Waals surface area contributed by atoms with Crippen LogP contribution >= 0.6 is 11.8 Å². The summed E-state index contributed by atoms with van der Waals surface area (Å²) in [5.41, 5.74) is 1.33. The highest BCUT2D eigenvalue weighted by atomic mass is 32.2. The number of rotatable bonds is 7. The zero-order valence-corrected chi connectivity index (χ0v) is 13.7. The van der Waals surface area contributed by atoms with E-state index in [1.54, 1.807) is 18.9 Å². The molecule has 1 unspecified atom stereocenters. The molecule has 0 saturated heterocycles. The largest absolute Gasteiger partial charge is 0.497 e. The molecule has 2 aromatic carbocycles. The van der Waals surface area contributed by atoms with Gasteiger partial charge in [0.25, 0.3) is 0 Å². The van der Waals surface area contributed by atoms with Crippen molar-refractivity contribution in [2.75, 3.05) is 13.7 Å². The molecule has 0 aliphatic carbocycles. The second-order valence-electron chi connectivity index (χ2n) is 5.03. The van der Waals surface area contributed by atoms with E-state index in [0.29, 0.717) is 6.04 Å². The zero-order chi connectivity index (χ0) is 15.1. The molecule has 0 aromatic heterocycles. The summed E-state index contributed by atoms with van der Waals surface area (Å²) in [6, 6.07) is 17.3. The van der Waals surface area contributed by atoms with E-state index in [2.05, 4.69) is 55.6 Å². The molecule has 2 aromatic rings. The van der Waals surface area contributed by atoms with Gasteiger partial charge in [-0.2, -0.15) is 0 Å². The molecule has 0 heterocycles. The first-order valence-corrected chi connectivity index (χ1v) is 8.20. The second-order valence-corrected chi connectivity index (χ2v) is 6.17. The summed E-state index contributed by atoms with van der Waals surface area (Å²) in [5, 5.41) is 3.51. The molecule has 2 rings (SSSR count). The van der Waals surface area contributed by atoms with Gasteiger partial charge >= 0.3 is 0 Å². The predicted octanol–water partition coefficient (Wildman–Crippen LogP) is 4.91. The van der Waals surface area contributed by atoms with E-state index in [-0.39, 0.29) is 0 Å². The zero-order valence-electron chi connectivity index (χ0n) is 12.9. The Morgan fingerprint density at radius 2 is 1.86 bits per heavy atom. The number of methoxy groups -OCH3 is 1. The summed E-state index contributed by atoms with van der Waals surface area (Å²) in [4.78, 5) is 2.44. The molecule has 1 atom stereocenters. The Bertz CT molecular complexity index is 553. The fourth-order valence-electron chi connectivity index (χ4n) is 2.10. The van der Waals surface area contributed by atoms with E-state index in [1.807, 2.05) is 12.1 Å². The maximum atomic E-state index is 5.26. The molecule has 0 aliphatic rings. The summed E-state index contributed by atoms with van der Waals surface area (Å²) in [6.45, 7) is 5.45. The lowest BCUT2D eigenvalue weighted by molar-refractivity contribution is 0.413. The molecule has 0 radical (unpaired) electrons. The minimum absolute atomic E-state index is 0.404. The Labute approximate surface area is 131 Å². The Morgan fingerprint density at radius 1 is 1.10 bits per heavy atom. The first-order chi connectivity index (χ1) is 10.2. The van der Waals surface area contributed by atoms with Gasteiger partial charge in [-0.1, -0.05) is 36.9 Å². The highest BCUT2D eigenvalue weighted by Crippen LogP contribution is 2.30. The summed E-state index contributed by atoms with van der Waals surface area (Å²) >= 11 is 1.76. The van der Waals surface area contributed by atoms with Crippen molar-refractivity contribution in [3.63, 3.8) is 0 Å². The van der Waals surface area contributed by atoms with Gasteiger partial charge in [0.1, 0.15) is 5.75 Å². The molecule has 2 nitrogen and oxygen atoms in total. The van der Waals surface area contributed by atoms with E-state index in [1.165, 1.54) is 15.4 Å². The van der Waals surface area contributed by atoms with Crippen LogP contribution in [0.25, 0.3) is 0 Å². The maximum absolute atomic E-state index is 5.26. The summed E-state index contributed by atoms with van der Waals surface area (Å²) in [6.07, 6.45) is 1.16. The van der Waals surface area contributed by atoms with Gasteiger partial charge in [0.2, 0.25) is 0 Å². The van der Waals surface area contributed by atoms with E-state index in [4.69, 9.17) is 4.74 Å². The fraction of sp³-hybridized carbons (Fsp3) is 0.333. The highest BCUT2D eigenvalue weighted by Gasteiger charge is 2.05. The van der Waals surface area contributed by atoms with Gasteiger partial charge in [0.05, 0.1) is 7.11 Å². The van der Waals surface area contributed by atoms with Crippen molar-refractivity contribution >= 4 is 11.8 Å². The third kappa shape index (κ3) is 4.80. The Hall–Kier alpha value is -1.45. The standard InChI is InChI=1S/C18H23NOS/c1-4-12-19-14(2)15-8-10-17(11-9-15)21-18-7-5-6-16(13-18)20-3/h5-11,13-14,19H,4,12H2,1-3H3. The first kappa shape index (κ1) is 15.9. The van der Waals surface area contributed by atoms with Gasteiger partial charge < -0.3 is 10.1 Å². The topological polar surface area (TPSA) is 21.3 Å². The molecule has 21 heavy (non-hydrogen) atoms. The van der Waals surface area contributed by atoms with E-state index in [0.717, 1.165) is 18.7 Å². The molecule has 0 fully saturated rings. The van der Waals surface area contributed by atoms with E-state index in [9.17, 15) is 0 Å². The van der Waals surface area contributed by atoms with Crippen LogP contribution in [0.5, 0.6) is 5.75 Å². The van der Waals surface area contributed by atoms with Crippen LogP contribution in [0.1, 0.15) is 31.9 Å². The predicted molar refractivity (Wildman–Crippen MR) is 90.3 cm³/mol. The van der Waals surface area contributed by atoms with Crippen molar-refractivity contribution < 1.29 is 4.74 Å². The number of ether oxygens (including phenoxy) is 1. The van der Waals surface area contributed by atoms with Gasteiger partial charge in [0.15, 0.2) is 0 Å². The van der Waals surface area contributed by atoms with Crippen LogP contribution in [0.2, 0.25) is 0 Å². The molecule has 0 saturated carbocycles. The van der Waals surface area contributed by atoms with Gasteiger partial charge in [-0.25, -0.2) is 0 Å². The van der Waals surface area contributed by atoms with Crippen molar-refractivity contribution in [3.8, 4) is 5.75 Å². The molecule has 0 bridgehead atoms. The fourth-order valence-corrected chi connectivity index (χ4v) is 2.97. The number of benzene rings is 2. The third-order valence-corrected chi connectivity index (χ3v) is 4.36. The van der Waals surface area contributed by atoms with Crippen molar-refractivity contribution in [2.45, 2.75) is 36.1 Å². The summed E-state index contributed by atoms with van der Waals surface area (Å²) < 4.78 is 5.26. The van der Waals surface area contributed by atoms with Crippen LogP contribution in [-0.2, 0) is 0 Å². The molecular formula is C18H23NOS. The average Bonchev–Trinajstić information content (AvgIpc) is 2.53. The Morgan fingerprint density at radius 3 is 2.52 bits per heavy atom. The van der Waals surface area contributed by atoms with Gasteiger partial charge in [0, 0.05) is 15.8 Å². The maximum Gasteiger partial charge on any atom is 0.119 e. The lowest BCUT2D eigenvalue weighted by Crippen LogP contribution is -2.19. The summed E-state index contributed by atoms with van der Waals surface area (Å²) in [7, 11) is 1.70. The quantitative estimate of drug-likeness (QED) is 0.785. The minimum Gasteiger partial charge on any atom is -0.497 e. The van der Waals surface area contributed by atoms with Gasteiger partial charge in [-0.15, -0.1) is 0 Å². The smallest absolute Gasteiger partial charge is 0.119 e. The molecule has 0 amide bonds. The normalized spacial score (nSPS) is 12.1. The monoisotopic (exact) mass is 301 g/mol. The first-order valence-electron chi connectivity index (χ1n) is 7.38. The van der Waals surface area contributed by atoms with Crippen LogP contribution in [-0.4, -0.2) is 13.7 Å². The van der Waals surface area contributed by atoms with Crippen LogP contribution in [0.3, 0.4) is 0 Å². The Balaban J connectivity index is 2.01. The molecular weight excluding hydrogens is 278 g/mol. The van der Waals surface area contributed by atoms with Gasteiger partial charge in [-0.05, 0) is 55.8 Å².